The van der Waals surface area contributed by atoms with Crippen molar-refractivity contribution in [1.82, 2.24) is 20.2 Å². The van der Waals surface area contributed by atoms with Gasteiger partial charge in [-0.1, -0.05) is 19.3 Å². The molecule has 2 aromatic heterocycles. The number of pyridine rings is 1. The molecule has 1 saturated heterocycles. The molecule has 2 amide bonds. The largest absolute Gasteiger partial charge is 0.372 e. The van der Waals surface area contributed by atoms with Gasteiger partial charge in [-0.3, -0.25) is 19.5 Å². The smallest absolute Gasteiger partial charge is 0.244 e. The van der Waals surface area contributed by atoms with Crippen molar-refractivity contribution in [3.63, 3.8) is 0 Å². The summed E-state index contributed by atoms with van der Waals surface area (Å²) in [4.78, 5) is 36.3. The van der Waals surface area contributed by atoms with E-state index in [0.29, 0.717) is 12.2 Å². The van der Waals surface area contributed by atoms with Crippen LogP contribution in [0.4, 0.5) is 5.69 Å². The van der Waals surface area contributed by atoms with Crippen LogP contribution in [-0.2, 0) is 14.3 Å². The summed E-state index contributed by atoms with van der Waals surface area (Å²) in [5, 5.41) is 8.48. The van der Waals surface area contributed by atoms with Crippen molar-refractivity contribution in [2.75, 3.05) is 25.0 Å². The molecule has 0 spiro atoms. The highest BCUT2D eigenvalue weighted by Crippen LogP contribution is 2.33. The number of aromatic amines is 1. The standard InChI is InChI=1S/C27H34IN5O3/c1-26(2)16-33(14-23(34)32-27(3)8-5-4-6-9-27)22(15-36-26)25(35)31-20-12-17(28)11-19-18-7-10-29-13-21(18)30-24(19)20/h7,10-13,22,30H,4-6,8-9,14-16H2,1-3H3,(H,31,35)(H,32,34)/t22-/m0/s1. The van der Waals surface area contributed by atoms with Gasteiger partial charge < -0.3 is 20.4 Å². The van der Waals surface area contributed by atoms with E-state index >= 15 is 0 Å². The van der Waals surface area contributed by atoms with Crippen LogP contribution in [0.2, 0.25) is 0 Å². The van der Waals surface area contributed by atoms with Gasteiger partial charge in [0.15, 0.2) is 0 Å². The van der Waals surface area contributed by atoms with Gasteiger partial charge in [0.25, 0.3) is 0 Å². The number of aromatic nitrogens is 2. The topological polar surface area (TPSA) is 99.4 Å². The molecule has 3 heterocycles. The van der Waals surface area contributed by atoms with Gasteiger partial charge in [-0.15, -0.1) is 0 Å². The lowest BCUT2D eigenvalue weighted by Gasteiger charge is -2.43. The molecule has 0 radical (unpaired) electrons. The summed E-state index contributed by atoms with van der Waals surface area (Å²) in [5.41, 5.74) is 1.89. The summed E-state index contributed by atoms with van der Waals surface area (Å²) >= 11 is 2.27. The number of nitrogens with one attached hydrogen (secondary N) is 3. The number of hydrogen-bond donors (Lipinski definition) is 3. The van der Waals surface area contributed by atoms with Crippen molar-refractivity contribution in [1.29, 1.82) is 0 Å². The van der Waals surface area contributed by atoms with Crippen LogP contribution in [0.15, 0.2) is 30.6 Å². The van der Waals surface area contributed by atoms with Crippen LogP contribution in [-0.4, -0.2) is 63.6 Å². The monoisotopic (exact) mass is 603 g/mol. The third-order valence-corrected chi connectivity index (χ3v) is 8.06. The van der Waals surface area contributed by atoms with Crippen LogP contribution in [0.5, 0.6) is 0 Å². The molecule has 0 unspecified atom stereocenters. The van der Waals surface area contributed by atoms with E-state index in [-0.39, 0.29) is 30.5 Å². The van der Waals surface area contributed by atoms with Crippen LogP contribution in [0, 0.1) is 3.57 Å². The number of rotatable bonds is 5. The van der Waals surface area contributed by atoms with E-state index < -0.39 is 11.6 Å². The van der Waals surface area contributed by atoms with Crippen LogP contribution >= 0.6 is 22.6 Å². The van der Waals surface area contributed by atoms with E-state index in [1.165, 1.54) is 6.42 Å². The molecule has 8 nitrogen and oxygen atoms in total. The molecular weight excluding hydrogens is 569 g/mol. The lowest BCUT2D eigenvalue weighted by Crippen LogP contribution is -2.61. The number of anilines is 1. The minimum absolute atomic E-state index is 0.0327. The maximum Gasteiger partial charge on any atom is 0.244 e. The highest BCUT2D eigenvalue weighted by atomic mass is 127. The Labute approximate surface area is 225 Å². The Bertz CT molecular complexity index is 1300. The molecule has 1 saturated carbocycles. The second kappa shape index (κ2) is 9.90. The van der Waals surface area contributed by atoms with Gasteiger partial charge in [0.05, 0.1) is 41.7 Å². The van der Waals surface area contributed by atoms with E-state index in [9.17, 15) is 9.59 Å². The molecule has 2 aliphatic rings. The first kappa shape index (κ1) is 25.4. The summed E-state index contributed by atoms with van der Waals surface area (Å²) in [5.74, 6) is -0.211. The predicted molar refractivity (Wildman–Crippen MR) is 150 cm³/mol. The summed E-state index contributed by atoms with van der Waals surface area (Å²) in [7, 11) is 0. The number of benzene rings is 1. The number of carbonyl (C=O) groups excluding carboxylic acids is 2. The van der Waals surface area contributed by atoms with Gasteiger partial charge in [0.2, 0.25) is 11.8 Å². The zero-order valence-electron chi connectivity index (χ0n) is 21.1. The average Bonchev–Trinajstić information content (AvgIpc) is 3.17. The molecule has 36 heavy (non-hydrogen) atoms. The fraction of sp³-hybridized carbons (Fsp3) is 0.519. The Kier molecular flexibility index (Phi) is 6.99. The average molecular weight is 604 g/mol. The second-order valence-corrected chi connectivity index (χ2v) is 12.3. The van der Waals surface area contributed by atoms with Gasteiger partial charge in [0, 0.05) is 32.6 Å². The summed E-state index contributed by atoms with van der Waals surface area (Å²) in [6.07, 6.45) is 9.06. The normalized spacial score (nSPS) is 21.9. The van der Waals surface area contributed by atoms with Crippen LogP contribution in [0.1, 0.15) is 52.9 Å². The minimum Gasteiger partial charge on any atom is -0.372 e. The third kappa shape index (κ3) is 5.38. The maximum absolute atomic E-state index is 13.6. The first-order valence-corrected chi connectivity index (χ1v) is 13.8. The molecule has 0 bridgehead atoms. The molecule has 1 aromatic carbocycles. The van der Waals surface area contributed by atoms with Crippen molar-refractivity contribution in [2.24, 2.45) is 0 Å². The Morgan fingerprint density at radius 3 is 2.75 bits per heavy atom. The quantitative estimate of drug-likeness (QED) is 0.371. The number of hydrogen-bond acceptors (Lipinski definition) is 5. The highest BCUT2D eigenvalue weighted by molar-refractivity contribution is 14.1. The number of nitrogens with zero attached hydrogens (tertiary/aromatic N) is 2. The predicted octanol–water partition coefficient (Wildman–Crippen LogP) is 4.58. The summed E-state index contributed by atoms with van der Waals surface area (Å²) in [6.45, 7) is 7.02. The van der Waals surface area contributed by atoms with Gasteiger partial charge in [-0.2, -0.15) is 0 Å². The van der Waals surface area contributed by atoms with E-state index in [1.807, 2.05) is 30.9 Å². The van der Waals surface area contributed by atoms with Gasteiger partial charge in [-0.25, -0.2) is 0 Å². The van der Waals surface area contributed by atoms with E-state index in [0.717, 1.165) is 51.1 Å². The van der Waals surface area contributed by atoms with Crippen LogP contribution in [0.25, 0.3) is 21.8 Å². The van der Waals surface area contributed by atoms with Gasteiger partial charge in [-0.05, 0) is 74.4 Å². The number of halogens is 1. The Balaban J connectivity index is 1.36. The second-order valence-electron chi connectivity index (χ2n) is 11.1. The molecule has 3 aromatic rings. The number of morpholine rings is 1. The summed E-state index contributed by atoms with van der Waals surface area (Å²) in [6, 6.07) is 5.46. The Morgan fingerprint density at radius 2 is 1.97 bits per heavy atom. The van der Waals surface area contributed by atoms with Crippen molar-refractivity contribution in [3.05, 3.63) is 34.2 Å². The number of H-pyrrole nitrogens is 1. The molecule has 1 atom stereocenters. The molecule has 1 aliphatic heterocycles. The highest BCUT2D eigenvalue weighted by Gasteiger charge is 2.39. The molecular formula is C27H34IN5O3. The zero-order chi connectivity index (χ0) is 25.5. The molecule has 3 N–H and O–H groups in total. The first-order chi connectivity index (χ1) is 17.1. The zero-order valence-corrected chi connectivity index (χ0v) is 23.3. The van der Waals surface area contributed by atoms with Crippen molar-refractivity contribution < 1.29 is 14.3 Å². The fourth-order valence-corrected chi connectivity index (χ4v) is 6.24. The van der Waals surface area contributed by atoms with Crippen molar-refractivity contribution >= 4 is 61.9 Å². The number of amides is 2. The lowest BCUT2D eigenvalue weighted by atomic mass is 9.83. The Hall–Kier alpha value is -2.24. The molecule has 5 rings (SSSR count). The molecule has 192 valence electrons. The minimum atomic E-state index is -0.568. The molecule has 1 aliphatic carbocycles. The number of carbonyl (C=O) groups is 2. The van der Waals surface area contributed by atoms with Crippen molar-refractivity contribution in [3.8, 4) is 0 Å². The van der Waals surface area contributed by atoms with Gasteiger partial charge in [0.1, 0.15) is 6.04 Å². The van der Waals surface area contributed by atoms with E-state index in [4.69, 9.17) is 4.74 Å². The fourth-order valence-electron chi connectivity index (χ4n) is 5.61. The third-order valence-electron chi connectivity index (χ3n) is 7.44. The van der Waals surface area contributed by atoms with E-state index in [2.05, 4.69) is 56.2 Å². The van der Waals surface area contributed by atoms with Gasteiger partial charge >= 0.3 is 0 Å². The lowest BCUT2D eigenvalue weighted by molar-refractivity contribution is -0.147. The maximum atomic E-state index is 13.6. The van der Waals surface area contributed by atoms with Crippen LogP contribution in [0.3, 0.4) is 0 Å². The summed E-state index contributed by atoms with van der Waals surface area (Å²) < 4.78 is 7.05. The van der Waals surface area contributed by atoms with Crippen molar-refractivity contribution in [2.45, 2.75) is 70.1 Å². The molecule has 9 heteroatoms. The number of ether oxygens (including phenoxy) is 1. The Morgan fingerprint density at radius 1 is 1.19 bits per heavy atom. The molecule has 2 fully saturated rings. The number of fused-ring (bicyclic) bond motifs is 3. The first-order valence-electron chi connectivity index (χ1n) is 12.7. The van der Waals surface area contributed by atoms with Crippen LogP contribution < -0.4 is 10.6 Å². The van der Waals surface area contributed by atoms with E-state index in [1.54, 1.807) is 12.4 Å². The SMILES string of the molecule is CC1(NC(=O)CN2CC(C)(C)OC[C@H]2C(=O)Nc2cc(I)cc3c2[nH]c2cnccc23)CCCCC1.